The first kappa shape index (κ1) is 12.2. The molecule has 0 saturated heterocycles. The summed E-state index contributed by atoms with van der Waals surface area (Å²) in [5.74, 6) is 2.05. The molecule has 1 N–H and O–H groups in total. The van der Waals surface area contributed by atoms with Crippen molar-refractivity contribution >= 4 is 0 Å². The minimum Gasteiger partial charge on any atom is -0.396 e. The van der Waals surface area contributed by atoms with Crippen LogP contribution in [0.5, 0.6) is 0 Å². The molecule has 2 fully saturated rings. The van der Waals surface area contributed by atoms with E-state index in [1.165, 1.54) is 12.8 Å². The van der Waals surface area contributed by atoms with Crippen molar-refractivity contribution in [2.45, 2.75) is 47.0 Å². The van der Waals surface area contributed by atoms with E-state index in [0.29, 0.717) is 23.4 Å². The maximum absolute atomic E-state index is 9.19. The molecule has 0 radical (unpaired) electrons. The first-order chi connectivity index (χ1) is 7.45. The predicted molar refractivity (Wildman–Crippen MR) is 68.1 cm³/mol. The second-order valence-electron chi connectivity index (χ2n) is 6.62. The minimum atomic E-state index is 0.293. The summed E-state index contributed by atoms with van der Waals surface area (Å²) < 4.78 is 0. The topological polar surface area (TPSA) is 20.2 Å². The molecule has 1 heteroatoms. The van der Waals surface area contributed by atoms with E-state index in [-0.39, 0.29) is 0 Å². The van der Waals surface area contributed by atoms with Gasteiger partial charge in [0.15, 0.2) is 0 Å². The quantitative estimate of drug-likeness (QED) is 0.720. The summed E-state index contributed by atoms with van der Waals surface area (Å²) in [6.45, 7) is 9.74. The number of aliphatic hydroxyl groups excluding tert-OH is 1. The van der Waals surface area contributed by atoms with Gasteiger partial charge in [0.05, 0.1) is 0 Å². The van der Waals surface area contributed by atoms with Gasteiger partial charge in [0.2, 0.25) is 0 Å². The van der Waals surface area contributed by atoms with Crippen molar-refractivity contribution in [2.75, 3.05) is 6.61 Å². The van der Waals surface area contributed by atoms with Gasteiger partial charge in [0, 0.05) is 6.61 Å². The molecule has 0 aromatic heterocycles. The SMILES string of the molecule is CCC(C=CC1CC2CC2(C)C1(C)C)CO. The molecule has 0 aromatic carbocycles. The predicted octanol–water partition coefficient (Wildman–Crippen LogP) is 3.63. The molecule has 2 aliphatic carbocycles. The summed E-state index contributed by atoms with van der Waals surface area (Å²) in [4.78, 5) is 0. The zero-order valence-corrected chi connectivity index (χ0v) is 11.2. The Morgan fingerprint density at radius 2 is 2.06 bits per heavy atom. The summed E-state index contributed by atoms with van der Waals surface area (Å²) in [5, 5.41) is 9.19. The van der Waals surface area contributed by atoms with Crippen LogP contribution < -0.4 is 0 Å². The van der Waals surface area contributed by atoms with Gasteiger partial charge in [-0.2, -0.15) is 0 Å². The molecule has 1 nitrogen and oxygen atoms in total. The molecular formula is C15H26O. The normalized spacial score (nSPS) is 42.3. The van der Waals surface area contributed by atoms with E-state index in [9.17, 15) is 5.11 Å². The fraction of sp³-hybridized carbons (Fsp3) is 0.867. The fourth-order valence-corrected chi connectivity index (χ4v) is 3.55. The third-order valence-electron chi connectivity index (χ3n) is 5.72. The summed E-state index contributed by atoms with van der Waals surface area (Å²) in [6, 6.07) is 0. The van der Waals surface area contributed by atoms with E-state index in [2.05, 4.69) is 39.8 Å². The van der Waals surface area contributed by atoms with E-state index in [0.717, 1.165) is 18.3 Å². The maximum atomic E-state index is 9.19. The average Bonchev–Trinajstić information content (AvgIpc) is 2.86. The minimum absolute atomic E-state index is 0.293. The van der Waals surface area contributed by atoms with Gasteiger partial charge in [-0.25, -0.2) is 0 Å². The highest BCUT2D eigenvalue weighted by atomic mass is 16.3. The van der Waals surface area contributed by atoms with Crippen molar-refractivity contribution in [1.29, 1.82) is 0 Å². The van der Waals surface area contributed by atoms with Crippen LogP contribution >= 0.6 is 0 Å². The van der Waals surface area contributed by atoms with Gasteiger partial charge < -0.3 is 5.11 Å². The molecule has 4 unspecified atom stereocenters. The summed E-state index contributed by atoms with van der Waals surface area (Å²) in [5.41, 5.74) is 1.05. The highest BCUT2D eigenvalue weighted by molar-refractivity contribution is 5.19. The van der Waals surface area contributed by atoms with Gasteiger partial charge in [-0.3, -0.25) is 0 Å². The van der Waals surface area contributed by atoms with Gasteiger partial charge in [-0.15, -0.1) is 0 Å². The Labute approximate surface area is 99.9 Å². The van der Waals surface area contributed by atoms with Crippen molar-refractivity contribution in [2.24, 2.45) is 28.6 Å². The van der Waals surface area contributed by atoms with Crippen molar-refractivity contribution in [3.63, 3.8) is 0 Å². The molecule has 0 aromatic rings. The molecule has 0 bridgehead atoms. The first-order valence-electron chi connectivity index (χ1n) is 6.75. The second-order valence-corrected chi connectivity index (χ2v) is 6.62. The molecular weight excluding hydrogens is 196 g/mol. The van der Waals surface area contributed by atoms with E-state index in [1.54, 1.807) is 0 Å². The Kier molecular flexibility index (Phi) is 2.94. The van der Waals surface area contributed by atoms with Crippen LogP contribution in [-0.2, 0) is 0 Å². The number of hydrogen-bond donors (Lipinski definition) is 1. The molecule has 0 amide bonds. The van der Waals surface area contributed by atoms with Gasteiger partial charge in [0.25, 0.3) is 0 Å². The van der Waals surface area contributed by atoms with E-state index < -0.39 is 0 Å². The Morgan fingerprint density at radius 1 is 1.38 bits per heavy atom. The Balaban J connectivity index is 2.02. The maximum Gasteiger partial charge on any atom is 0.0493 e. The van der Waals surface area contributed by atoms with Gasteiger partial charge in [0.1, 0.15) is 0 Å². The highest BCUT2D eigenvalue weighted by Crippen LogP contribution is 2.74. The van der Waals surface area contributed by atoms with Crippen LogP contribution in [0.2, 0.25) is 0 Å². The number of rotatable bonds is 4. The molecule has 2 saturated carbocycles. The smallest absolute Gasteiger partial charge is 0.0493 e. The van der Waals surface area contributed by atoms with Crippen molar-refractivity contribution in [1.82, 2.24) is 0 Å². The number of fused-ring (bicyclic) bond motifs is 1. The van der Waals surface area contributed by atoms with E-state index >= 15 is 0 Å². The summed E-state index contributed by atoms with van der Waals surface area (Å²) in [6.07, 6.45) is 8.48. The van der Waals surface area contributed by atoms with Crippen LogP contribution in [0.3, 0.4) is 0 Å². The van der Waals surface area contributed by atoms with Crippen LogP contribution in [0, 0.1) is 28.6 Å². The molecule has 4 atom stereocenters. The van der Waals surface area contributed by atoms with Crippen LogP contribution in [0.15, 0.2) is 12.2 Å². The first-order valence-corrected chi connectivity index (χ1v) is 6.75. The molecule has 0 spiro atoms. The van der Waals surface area contributed by atoms with Gasteiger partial charge >= 0.3 is 0 Å². The van der Waals surface area contributed by atoms with Gasteiger partial charge in [-0.1, -0.05) is 39.8 Å². The molecule has 16 heavy (non-hydrogen) atoms. The summed E-state index contributed by atoms with van der Waals surface area (Å²) >= 11 is 0. The van der Waals surface area contributed by atoms with E-state index in [4.69, 9.17) is 0 Å². The number of hydrogen-bond acceptors (Lipinski definition) is 1. The van der Waals surface area contributed by atoms with Crippen molar-refractivity contribution in [3.05, 3.63) is 12.2 Å². The van der Waals surface area contributed by atoms with Crippen molar-refractivity contribution in [3.8, 4) is 0 Å². The van der Waals surface area contributed by atoms with Crippen LogP contribution in [0.4, 0.5) is 0 Å². The molecule has 0 heterocycles. The second kappa shape index (κ2) is 3.87. The third kappa shape index (κ3) is 1.64. The van der Waals surface area contributed by atoms with Gasteiger partial charge in [-0.05, 0) is 47.8 Å². The van der Waals surface area contributed by atoms with Crippen LogP contribution in [0.25, 0.3) is 0 Å². The summed E-state index contributed by atoms with van der Waals surface area (Å²) in [7, 11) is 0. The largest absolute Gasteiger partial charge is 0.396 e. The third-order valence-corrected chi connectivity index (χ3v) is 5.72. The average molecular weight is 222 g/mol. The molecule has 2 aliphatic rings. The molecule has 2 rings (SSSR count). The molecule has 92 valence electrons. The fourth-order valence-electron chi connectivity index (χ4n) is 3.55. The molecule has 0 aliphatic heterocycles. The lowest BCUT2D eigenvalue weighted by Gasteiger charge is -2.34. The Bertz CT molecular complexity index is 288. The number of allylic oxidation sites excluding steroid dienone is 1. The zero-order chi connectivity index (χ0) is 12.0. The zero-order valence-electron chi connectivity index (χ0n) is 11.2. The monoisotopic (exact) mass is 222 g/mol. The standard InChI is InChI=1S/C15H26O/c1-5-11(10-16)6-7-12-8-13-9-15(13,4)14(12,2)3/h6-7,11-13,16H,5,8-10H2,1-4H3. The van der Waals surface area contributed by atoms with Crippen molar-refractivity contribution < 1.29 is 5.11 Å². The van der Waals surface area contributed by atoms with Crippen LogP contribution in [0.1, 0.15) is 47.0 Å². The number of aliphatic hydroxyl groups is 1. The lowest BCUT2D eigenvalue weighted by Crippen LogP contribution is -2.26. The lowest BCUT2D eigenvalue weighted by atomic mass is 9.71. The van der Waals surface area contributed by atoms with Crippen LogP contribution in [-0.4, -0.2) is 11.7 Å². The Morgan fingerprint density at radius 3 is 2.50 bits per heavy atom. The Hall–Kier alpha value is -0.300. The lowest BCUT2D eigenvalue weighted by molar-refractivity contribution is 0.178. The van der Waals surface area contributed by atoms with E-state index in [1.807, 2.05) is 0 Å². The highest BCUT2D eigenvalue weighted by Gasteiger charge is 2.66.